The molecule has 1 saturated carbocycles. The molecule has 1 aliphatic carbocycles. The van der Waals surface area contributed by atoms with E-state index in [9.17, 15) is 22.8 Å². The molecule has 2 unspecified atom stereocenters. The minimum absolute atomic E-state index is 0.0249. The summed E-state index contributed by atoms with van der Waals surface area (Å²) in [4.78, 5) is 24.3. The highest BCUT2D eigenvalue weighted by Crippen LogP contribution is 2.43. The van der Waals surface area contributed by atoms with Crippen molar-refractivity contribution in [2.75, 3.05) is 7.11 Å². The Morgan fingerprint density at radius 3 is 2.46 bits per heavy atom. The van der Waals surface area contributed by atoms with Gasteiger partial charge in [0.15, 0.2) is 0 Å². The maximum Gasteiger partial charge on any atom is 0.491 e. The number of rotatable bonds is 9. The fourth-order valence-electron chi connectivity index (χ4n) is 3.97. The van der Waals surface area contributed by atoms with Gasteiger partial charge in [-0.1, -0.05) is 54.1 Å². The number of benzene rings is 3. The molecule has 2 N–H and O–H groups in total. The van der Waals surface area contributed by atoms with Crippen LogP contribution in [0.2, 0.25) is 5.02 Å². The van der Waals surface area contributed by atoms with Gasteiger partial charge in [-0.3, -0.25) is 4.79 Å². The fraction of sp³-hybridized carbons (Fsp3) is 0.259. The van der Waals surface area contributed by atoms with Crippen molar-refractivity contribution in [2.45, 2.75) is 37.6 Å². The Bertz CT molecular complexity index is 1280. The van der Waals surface area contributed by atoms with Gasteiger partial charge in [0, 0.05) is 35.6 Å². The van der Waals surface area contributed by atoms with Gasteiger partial charge in [0.2, 0.25) is 0 Å². The van der Waals surface area contributed by atoms with Gasteiger partial charge in [-0.15, -0.1) is 0 Å². The average molecular weight is 533 g/mol. The van der Waals surface area contributed by atoms with Gasteiger partial charge in [0.05, 0.1) is 12.7 Å². The summed E-state index contributed by atoms with van der Waals surface area (Å²) in [5.41, 5.74) is 2.21. The standard InChI is InChI=1S/C27H24ClF3N2O4/c1-36-23-12-19(28)9-7-18(23)15-32-22-13-21(22)17-8-10-20(24(11-17)37-26(35)27(29,30)31)25(34)33-14-16-5-3-2-4-6-16/h2-12,21-22,32H,13-15H2,1H3,(H,33,34). The van der Waals surface area contributed by atoms with Crippen LogP contribution in [0.4, 0.5) is 13.2 Å². The van der Waals surface area contributed by atoms with Crippen LogP contribution in [-0.2, 0) is 17.9 Å². The maximum absolute atomic E-state index is 12.9. The summed E-state index contributed by atoms with van der Waals surface area (Å²) in [5.74, 6) is -2.86. The second-order valence-electron chi connectivity index (χ2n) is 8.60. The zero-order valence-electron chi connectivity index (χ0n) is 19.8. The number of carbonyl (C=O) groups excluding carboxylic acids is 2. The van der Waals surface area contributed by atoms with E-state index < -0.39 is 23.8 Å². The van der Waals surface area contributed by atoms with E-state index in [1.807, 2.05) is 12.1 Å². The van der Waals surface area contributed by atoms with Crippen LogP contribution in [0.1, 0.15) is 39.4 Å². The monoisotopic (exact) mass is 532 g/mol. The Kier molecular flexibility index (Phi) is 8.04. The largest absolute Gasteiger partial charge is 0.496 e. The molecule has 3 aromatic carbocycles. The minimum atomic E-state index is -5.20. The molecule has 0 spiro atoms. The topological polar surface area (TPSA) is 76.7 Å². The lowest BCUT2D eigenvalue weighted by molar-refractivity contribution is -0.189. The van der Waals surface area contributed by atoms with E-state index >= 15 is 0 Å². The zero-order valence-corrected chi connectivity index (χ0v) is 20.5. The van der Waals surface area contributed by atoms with E-state index in [2.05, 4.69) is 15.4 Å². The molecular weight excluding hydrogens is 509 g/mol. The number of ether oxygens (including phenoxy) is 2. The molecule has 3 aromatic rings. The van der Waals surface area contributed by atoms with Crippen molar-refractivity contribution in [3.63, 3.8) is 0 Å². The number of amides is 1. The van der Waals surface area contributed by atoms with Crippen LogP contribution in [-0.4, -0.2) is 31.2 Å². The number of nitrogens with one attached hydrogen (secondary N) is 2. The van der Waals surface area contributed by atoms with Gasteiger partial charge in [0.25, 0.3) is 5.91 Å². The fourth-order valence-corrected chi connectivity index (χ4v) is 4.13. The third-order valence-corrected chi connectivity index (χ3v) is 6.24. The highest BCUT2D eigenvalue weighted by atomic mass is 35.5. The van der Waals surface area contributed by atoms with Gasteiger partial charge in [-0.25, -0.2) is 4.79 Å². The number of alkyl halides is 3. The number of methoxy groups -OCH3 is 1. The lowest BCUT2D eigenvalue weighted by Gasteiger charge is -2.14. The van der Waals surface area contributed by atoms with E-state index in [0.29, 0.717) is 22.9 Å². The van der Waals surface area contributed by atoms with Crippen LogP contribution in [0.5, 0.6) is 11.5 Å². The lowest BCUT2D eigenvalue weighted by Crippen LogP contribution is -2.30. The number of hydrogen-bond donors (Lipinski definition) is 2. The van der Waals surface area contributed by atoms with Crippen molar-refractivity contribution in [3.05, 3.63) is 94.0 Å². The quantitative estimate of drug-likeness (QED) is 0.285. The van der Waals surface area contributed by atoms with E-state index in [1.54, 1.807) is 49.6 Å². The average Bonchev–Trinajstić information content (AvgIpc) is 3.66. The van der Waals surface area contributed by atoms with Crippen LogP contribution in [0, 0.1) is 0 Å². The summed E-state index contributed by atoms with van der Waals surface area (Å²) in [7, 11) is 1.55. The maximum atomic E-state index is 12.9. The summed E-state index contributed by atoms with van der Waals surface area (Å²) >= 11 is 6.00. The summed E-state index contributed by atoms with van der Waals surface area (Å²) in [5, 5.41) is 6.59. The van der Waals surface area contributed by atoms with Crippen LogP contribution >= 0.6 is 11.6 Å². The van der Waals surface area contributed by atoms with Gasteiger partial charge < -0.3 is 20.1 Å². The molecule has 1 aliphatic rings. The van der Waals surface area contributed by atoms with Crippen molar-refractivity contribution in [1.29, 1.82) is 0 Å². The van der Waals surface area contributed by atoms with Gasteiger partial charge in [0.1, 0.15) is 11.5 Å². The molecule has 0 radical (unpaired) electrons. The first-order valence-electron chi connectivity index (χ1n) is 11.5. The van der Waals surface area contributed by atoms with Crippen molar-refractivity contribution in [3.8, 4) is 11.5 Å². The van der Waals surface area contributed by atoms with Crippen molar-refractivity contribution in [1.82, 2.24) is 10.6 Å². The van der Waals surface area contributed by atoms with Gasteiger partial charge in [-0.05, 0) is 41.8 Å². The van der Waals surface area contributed by atoms with Crippen molar-refractivity contribution < 1.29 is 32.2 Å². The van der Waals surface area contributed by atoms with Crippen LogP contribution < -0.4 is 20.1 Å². The Morgan fingerprint density at radius 1 is 1.00 bits per heavy atom. The SMILES string of the molecule is COc1cc(Cl)ccc1CNC1CC1c1ccc(C(=O)NCc2ccccc2)c(OC(=O)C(F)(F)F)c1. The molecule has 37 heavy (non-hydrogen) atoms. The van der Waals surface area contributed by atoms with Gasteiger partial charge >= 0.3 is 12.1 Å². The Labute approximate surface area is 216 Å². The molecule has 0 bridgehead atoms. The predicted octanol–water partition coefficient (Wildman–Crippen LogP) is 5.39. The second-order valence-corrected chi connectivity index (χ2v) is 9.03. The summed E-state index contributed by atoms with van der Waals surface area (Å²) in [6.07, 6.45) is -4.47. The second kappa shape index (κ2) is 11.2. The summed E-state index contributed by atoms with van der Waals surface area (Å²) in [6, 6.07) is 18.8. The molecule has 10 heteroatoms. The Balaban J connectivity index is 1.47. The molecule has 0 aromatic heterocycles. The molecule has 1 amide bonds. The molecule has 0 saturated heterocycles. The number of esters is 1. The Hall–Kier alpha value is -3.56. The van der Waals surface area contributed by atoms with Crippen LogP contribution in [0.15, 0.2) is 66.7 Å². The first-order chi connectivity index (χ1) is 17.7. The van der Waals surface area contributed by atoms with E-state index in [0.717, 1.165) is 17.5 Å². The molecule has 0 aliphatic heterocycles. The molecule has 4 rings (SSSR count). The first kappa shape index (κ1) is 26.5. The third kappa shape index (κ3) is 6.81. The lowest BCUT2D eigenvalue weighted by atomic mass is 10.1. The molecule has 0 heterocycles. The summed E-state index contributed by atoms with van der Waals surface area (Å²) < 4.78 is 48.7. The van der Waals surface area contributed by atoms with Crippen LogP contribution in [0.3, 0.4) is 0 Å². The summed E-state index contributed by atoms with van der Waals surface area (Å²) in [6.45, 7) is 0.661. The minimum Gasteiger partial charge on any atom is -0.496 e. The van der Waals surface area contributed by atoms with E-state index in [4.69, 9.17) is 16.3 Å². The smallest absolute Gasteiger partial charge is 0.491 e. The van der Waals surface area contributed by atoms with Gasteiger partial charge in [-0.2, -0.15) is 13.2 Å². The normalized spacial score (nSPS) is 16.7. The number of halogens is 4. The zero-order chi connectivity index (χ0) is 26.6. The predicted molar refractivity (Wildman–Crippen MR) is 132 cm³/mol. The third-order valence-electron chi connectivity index (χ3n) is 6.00. The Morgan fingerprint density at radius 2 is 1.76 bits per heavy atom. The molecule has 194 valence electrons. The van der Waals surface area contributed by atoms with E-state index in [1.165, 1.54) is 12.1 Å². The van der Waals surface area contributed by atoms with Crippen molar-refractivity contribution in [2.24, 2.45) is 0 Å². The molecular formula is C27H24ClF3N2O4. The van der Waals surface area contributed by atoms with E-state index in [-0.39, 0.29) is 24.1 Å². The van der Waals surface area contributed by atoms with Crippen LogP contribution in [0.25, 0.3) is 0 Å². The number of carbonyl (C=O) groups is 2. The molecule has 2 atom stereocenters. The molecule has 1 fully saturated rings. The van der Waals surface area contributed by atoms with Crippen molar-refractivity contribution >= 4 is 23.5 Å². The first-order valence-corrected chi connectivity index (χ1v) is 11.8. The highest BCUT2D eigenvalue weighted by Gasteiger charge is 2.43. The number of hydrogen-bond acceptors (Lipinski definition) is 5. The highest BCUT2D eigenvalue weighted by molar-refractivity contribution is 6.30. The molecule has 6 nitrogen and oxygen atoms in total.